The maximum atomic E-state index is 12.2. The van der Waals surface area contributed by atoms with E-state index < -0.39 is 17.8 Å². The average Bonchev–Trinajstić information content (AvgIpc) is 2.65. The van der Waals surface area contributed by atoms with Gasteiger partial charge in [0.25, 0.3) is 5.91 Å². The SMILES string of the molecule is C=CC(=O)NC(=O)C=CC=C(C=Cc1ccccc1)C(=O)OCCCC. The van der Waals surface area contributed by atoms with Crippen molar-refractivity contribution in [2.24, 2.45) is 0 Å². The van der Waals surface area contributed by atoms with Crippen LogP contribution in [0.1, 0.15) is 25.3 Å². The molecule has 0 radical (unpaired) electrons. The van der Waals surface area contributed by atoms with Gasteiger partial charge in [-0.05, 0) is 30.2 Å². The van der Waals surface area contributed by atoms with E-state index in [0.29, 0.717) is 12.2 Å². The number of ether oxygens (including phenoxy) is 1. The fraction of sp³-hybridized carbons (Fsp3) is 0.190. The Balaban J connectivity index is 2.86. The van der Waals surface area contributed by atoms with Gasteiger partial charge in [0, 0.05) is 6.08 Å². The van der Waals surface area contributed by atoms with Gasteiger partial charge in [0.15, 0.2) is 0 Å². The van der Waals surface area contributed by atoms with Gasteiger partial charge in [0.05, 0.1) is 12.2 Å². The zero-order valence-corrected chi connectivity index (χ0v) is 14.8. The highest BCUT2D eigenvalue weighted by Crippen LogP contribution is 2.08. The van der Waals surface area contributed by atoms with Crippen LogP contribution in [0.3, 0.4) is 0 Å². The molecule has 0 aliphatic heterocycles. The molecule has 1 aromatic rings. The van der Waals surface area contributed by atoms with E-state index >= 15 is 0 Å². The molecule has 1 aromatic carbocycles. The lowest BCUT2D eigenvalue weighted by molar-refractivity contribution is -0.138. The molecule has 5 nitrogen and oxygen atoms in total. The first-order chi connectivity index (χ1) is 12.6. The van der Waals surface area contributed by atoms with Crippen molar-refractivity contribution in [1.29, 1.82) is 0 Å². The molecule has 0 heterocycles. The largest absolute Gasteiger partial charge is 0.462 e. The highest BCUT2D eigenvalue weighted by atomic mass is 16.5. The molecule has 5 heteroatoms. The van der Waals surface area contributed by atoms with Crippen LogP contribution in [0.4, 0.5) is 0 Å². The number of allylic oxidation sites excluding steroid dienone is 2. The fourth-order valence-electron chi connectivity index (χ4n) is 1.79. The lowest BCUT2D eigenvalue weighted by atomic mass is 10.1. The third kappa shape index (κ3) is 8.59. The van der Waals surface area contributed by atoms with Gasteiger partial charge in [0.1, 0.15) is 0 Å². The summed E-state index contributed by atoms with van der Waals surface area (Å²) in [6.07, 6.45) is 10.1. The summed E-state index contributed by atoms with van der Waals surface area (Å²) < 4.78 is 5.21. The number of nitrogens with one attached hydrogen (secondary N) is 1. The van der Waals surface area contributed by atoms with Gasteiger partial charge in [0.2, 0.25) is 5.91 Å². The smallest absolute Gasteiger partial charge is 0.338 e. The van der Waals surface area contributed by atoms with Crippen molar-refractivity contribution in [3.63, 3.8) is 0 Å². The number of rotatable bonds is 9. The molecule has 0 fully saturated rings. The molecule has 0 unspecified atom stereocenters. The van der Waals surface area contributed by atoms with Crippen molar-refractivity contribution in [3.05, 3.63) is 78.4 Å². The summed E-state index contributed by atoms with van der Waals surface area (Å²) in [4.78, 5) is 34.8. The first-order valence-corrected chi connectivity index (χ1v) is 8.32. The van der Waals surface area contributed by atoms with Crippen LogP contribution in [-0.4, -0.2) is 24.4 Å². The second-order valence-electron chi connectivity index (χ2n) is 5.27. The Morgan fingerprint density at radius 3 is 2.50 bits per heavy atom. The van der Waals surface area contributed by atoms with Crippen LogP contribution in [0.25, 0.3) is 6.08 Å². The number of imide groups is 1. The molecule has 0 bridgehead atoms. The number of carbonyl (C=O) groups excluding carboxylic acids is 3. The zero-order valence-electron chi connectivity index (χ0n) is 14.8. The number of hydrogen-bond acceptors (Lipinski definition) is 4. The molecule has 2 amide bonds. The van der Waals surface area contributed by atoms with E-state index in [2.05, 4.69) is 11.9 Å². The molecule has 0 aromatic heterocycles. The predicted octanol–water partition coefficient (Wildman–Crippen LogP) is 3.35. The number of esters is 1. The van der Waals surface area contributed by atoms with Crippen LogP contribution in [-0.2, 0) is 19.1 Å². The summed E-state index contributed by atoms with van der Waals surface area (Å²) in [5.74, 6) is -1.67. The maximum absolute atomic E-state index is 12.2. The van der Waals surface area contributed by atoms with Gasteiger partial charge in [-0.25, -0.2) is 4.79 Å². The topological polar surface area (TPSA) is 72.5 Å². The lowest BCUT2D eigenvalue weighted by Crippen LogP contribution is -2.26. The Morgan fingerprint density at radius 1 is 1.12 bits per heavy atom. The minimum atomic E-state index is -0.600. The normalized spacial score (nSPS) is 11.5. The lowest BCUT2D eigenvalue weighted by Gasteiger charge is -2.04. The van der Waals surface area contributed by atoms with Gasteiger partial charge < -0.3 is 4.74 Å². The molecule has 0 aliphatic rings. The van der Waals surface area contributed by atoms with Crippen LogP contribution in [0, 0.1) is 0 Å². The maximum Gasteiger partial charge on any atom is 0.338 e. The van der Waals surface area contributed by atoms with Crippen molar-refractivity contribution < 1.29 is 19.1 Å². The Hall–Kier alpha value is -3.21. The van der Waals surface area contributed by atoms with Gasteiger partial charge >= 0.3 is 5.97 Å². The Labute approximate surface area is 153 Å². The van der Waals surface area contributed by atoms with E-state index in [1.54, 1.807) is 12.2 Å². The van der Waals surface area contributed by atoms with Crippen LogP contribution in [0.2, 0.25) is 0 Å². The number of carbonyl (C=O) groups is 3. The molecule has 136 valence electrons. The standard InChI is InChI=1S/C21H23NO4/c1-3-5-16-26-21(25)18(15-14-17-10-7-6-8-11-17)12-9-13-20(24)22-19(23)4-2/h4,6-15H,2-3,5,16H2,1H3,(H,22,23,24). The third-order valence-electron chi connectivity index (χ3n) is 3.18. The second kappa shape index (κ2) is 12.2. The first-order valence-electron chi connectivity index (χ1n) is 8.32. The van der Waals surface area contributed by atoms with Crippen LogP contribution < -0.4 is 5.32 Å². The Morgan fingerprint density at radius 2 is 1.85 bits per heavy atom. The van der Waals surface area contributed by atoms with Crippen LogP contribution in [0.15, 0.2) is 72.9 Å². The molecule has 0 aliphatic carbocycles. The fourth-order valence-corrected chi connectivity index (χ4v) is 1.79. The van der Waals surface area contributed by atoms with E-state index in [1.165, 1.54) is 12.2 Å². The van der Waals surface area contributed by atoms with E-state index in [4.69, 9.17) is 4.74 Å². The van der Waals surface area contributed by atoms with Gasteiger partial charge in [-0.15, -0.1) is 0 Å². The van der Waals surface area contributed by atoms with E-state index in [9.17, 15) is 14.4 Å². The third-order valence-corrected chi connectivity index (χ3v) is 3.18. The second-order valence-corrected chi connectivity index (χ2v) is 5.27. The van der Waals surface area contributed by atoms with Crippen molar-refractivity contribution in [2.45, 2.75) is 19.8 Å². The number of unbranched alkanes of at least 4 members (excludes halogenated alkanes) is 1. The van der Waals surface area contributed by atoms with E-state index in [1.807, 2.05) is 37.3 Å². The molecule has 0 spiro atoms. The average molecular weight is 353 g/mol. The quantitative estimate of drug-likeness (QED) is 0.320. The van der Waals surface area contributed by atoms with Crippen molar-refractivity contribution >= 4 is 23.9 Å². The van der Waals surface area contributed by atoms with Gasteiger partial charge in [-0.2, -0.15) is 0 Å². The molecule has 0 saturated heterocycles. The Bertz CT molecular complexity index is 715. The monoisotopic (exact) mass is 353 g/mol. The molecular weight excluding hydrogens is 330 g/mol. The number of hydrogen-bond donors (Lipinski definition) is 1. The molecule has 1 N–H and O–H groups in total. The molecule has 0 saturated carbocycles. The zero-order chi connectivity index (χ0) is 19.2. The minimum absolute atomic E-state index is 0.295. The highest BCUT2D eigenvalue weighted by molar-refractivity contribution is 6.05. The van der Waals surface area contributed by atoms with E-state index in [0.717, 1.165) is 30.6 Å². The summed E-state index contributed by atoms with van der Waals surface area (Å²) in [6, 6.07) is 9.49. The van der Waals surface area contributed by atoms with Crippen LogP contribution in [0.5, 0.6) is 0 Å². The Kier molecular flexibility index (Phi) is 9.77. The predicted molar refractivity (Wildman–Crippen MR) is 102 cm³/mol. The highest BCUT2D eigenvalue weighted by Gasteiger charge is 2.07. The first kappa shape index (κ1) is 20.8. The molecule has 1 rings (SSSR count). The molecular formula is C21H23NO4. The van der Waals surface area contributed by atoms with Crippen molar-refractivity contribution in [1.82, 2.24) is 5.32 Å². The van der Waals surface area contributed by atoms with Crippen molar-refractivity contribution in [2.75, 3.05) is 6.61 Å². The van der Waals surface area contributed by atoms with Crippen LogP contribution >= 0.6 is 0 Å². The summed E-state index contributed by atoms with van der Waals surface area (Å²) >= 11 is 0. The van der Waals surface area contributed by atoms with Crippen molar-refractivity contribution in [3.8, 4) is 0 Å². The number of benzene rings is 1. The number of amides is 2. The van der Waals surface area contributed by atoms with Gasteiger partial charge in [-0.3, -0.25) is 14.9 Å². The summed E-state index contributed by atoms with van der Waals surface area (Å²) in [5, 5.41) is 2.09. The van der Waals surface area contributed by atoms with E-state index in [-0.39, 0.29) is 0 Å². The summed E-state index contributed by atoms with van der Waals surface area (Å²) in [5.41, 5.74) is 1.22. The molecule has 26 heavy (non-hydrogen) atoms. The summed E-state index contributed by atoms with van der Waals surface area (Å²) in [6.45, 7) is 5.61. The van der Waals surface area contributed by atoms with Gasteiger partial charge in [-0.1, -0.05) is 62.4 Å². The summed E-state index contributed by atoms with van der Waals surface area (Å²) in [7, 11) is 0. The minimum Gasteiger partial charge on any atom is -0.462 e. The molecule has 0 atom stereocenters.